The van der Waals surface area contributed by atoms with Gasteiger partial charge in [0.2, 0.25) is 0 Å². The van der Waals surface area contributed by atoms with Gasteiger partial charge < -0.3 is 15.3 Å². The Morgan fingerprint density at radius 1 is 1.10 bits per heavy atom. The van der Waals surface area contributed by atoms with Gasteiger partial charge in [-0.3, -0.25) is 0 Å². The predicted octanol–water partition coefficient (Wildman–Crippen LogP) is 2.28. The molecule has 108 valence electrons. The molecular weight excluding hydrogens is 266 g/mol. The molecule has 2 rings (SSSR count). The summed E-state index contributed by atoms with van der Waals surface area (Å²) >= 11 is 0. The lowest BCUT2D eigenvalue weighted by Crippen LogP contribution is -2.13. The number of rotatable bonds is 6. The van der Waals surface area contributed by atoms with Crippen LogP contribution in [-0.2, 0) is 16.1 Å². The number of benzene rings is 2. The Morgan fingerprint density at radius 2 is 1.76 bits per heavy atom. The molecule has 0 aromatic heterocycles. The molecule has 0 saturated carbocycles. The Bertz CT molecular complexity index is 593. The van der Waals surface area contributed by atoms with Crippen molar-refractivity contribution in [3.63, 3.8) is 0 Å². The minimum Gasteiger partial charge on any atom is -0.457 e. The number of carbonyl (C=O) groups excluding carboxylic acids is 2. The standard InChI is InChI=1S/C17H17NO3/c18-10-16(11-19)14-8-6-13(7-9-14)12-21-17(20)15-4-2-1-3-5-15/h1-9,11,16H,10,12,18H2/t16-/m1/s1. The van der Waals surface area contributed by atoms with Crippen LogP contribution in [-0.4, -0.2) is 18.8 Å². The topological polar surface area (TPSA) is 69.4 Å². The van der Waals surface area contributed by atoms with Gasteiger partial charge in [-0.1, -0.05) is 42.5 Å². The van der Waals surface area contributed by atoms with E-state index in [-0.39, 0.29) is 25.0 Å². The fraction of sp³-hybridized carbons (Fsp3) is 0.176. The van der Waals surface area contributed by atoms with Gasteiger partial charge in [0.15, 0.2) is 0 Å². The highest BCUT2D eigenvalue weighted by atomic mass is 16.5. The van der Waals surface area contributed by atoms with E-state index in [0.29, 0.717) is 5.56 Å². The van der Waals surface area contributed by atoms with Crippen molar-refractivity contribution in [1.82, 2.24) is 0 Å². The molecule has 0 radical (unpaired) electrons. The van der Waals surface area contributed by atoms with Gasteiger partial charge in [-0.15, -0.1) is 0 Å². The first kappa shape index (κ1) is 14.9. The van der Waals surface area contributed by atoms with Crippen molar-refractivity contribution >= 4 is 12.3 Å². The van der Waals surface area contributed by atoms with Gasteiger partial charge in [-0.05, 0) is 23.3 Å². The highest BCUT2D eigenvalue weighted by Crippen LogP contribution is 2.14. The van der Waals surface area contributed by atoms with Gasteiger partial charge in [0, 0.05) is 6.54 Å². The Hall–Kier alpha value is -2.46. The summed E-state index contributed by atoms with van der Waals surface area (Å²) in [5.41, 5.74) is 7.77. The lowest BCUT2D eigenvalue weighted by molar-refractivity contribution is -0.108. The molecule has 0 heterocycles. The summed E-state index contributed by atoms with van der Waals surface area (Å²) in [4.78, 5) is 22.6. The molecule has 0 aliphatic rings. The van der Waals surface area contributed by atoms with Gasteiger partial charge in [-0.2, -0.15) is 0 Å². The summed E-state index contributed by atoms with van der Waals surface area (Å²) < 4.78 is 5.23. The molecule has 2 aromatic carbocycles. The number of esters is 1. The van der Waals surface area contributed by atoms with Crippen LogP contribution in [0.2, 0.25) is 0 Å². The van der Waals surface area contributed by atoms with E-state index < -0.39 is 0 Å². The Morgan fingerprint density at radius 3 is 2.33 bits per heavy atom. The molecule has 0 fully saturated rings. The zero-order valence-corrected chi connectivity index (χ0v) is 11.6. The highest BCUT2D eigenvalue weighted by molar-refractivity contribution is 5.89. The van der Waals surface area contributed by atoms with E-state index in [0.717, 1.165) is 17.4 Å². The van der Waals surface area contributed by atoms with E-state index >= 15 is 0 Å². The van der Waals surface area contributed by atoms with Crippen molar-refractivity contribution in [2.45, 2.75) is 12.5 Å². The highest BCUT2D eigenvalue weighted by Gasteiger charge is 2.09. The lowest BCUT2D eigenvalue weighted by Gasteiger charge is -2.09. The maximum atomic E-state index is 11.8. The minimum atomic E-state index is -0.354. The predicted molar refractivity (Wildman–Crippen MR) is 79.9 cm³/mol. The van der Waals surface area contributed by atoms with E-state index in [9.17, 15) is 9.59 Å². The molecule has 0 spiro atoms. The fourth-order valence-electron chi connectivity index (χ4n) is 1.94. The summed E-state index contributed by atoms with van der Waals surface area (Å²) in [6.07, 6.45) is 0.838. The van der Waals surface area contributed by atoms with Crippen LogP contribution in [0.3, 0.4) is 0 Å². The van der Waals surface area contributed by atoms with Crippen LogP contribution in [0.5, 0.6) is 0 Å². The molecule has 0 aliphatic heterocycles. The molecule has 1 atom stereocenters. The monoisotopic (exact) mass is 283 g/mol. The van der Waals surface area contributed by atoms with E-state index in [1.54, 1.807) is 24.3 Å². The van der Waals surface area contributed by atoms with Crippen LogP contribution in [0.15, 0.2) is 54.6 Å². The third-order valence-electron chi connectivity index (χ3n) is 3.21. The van der Waals surface area contributed by atoms with E-state index in [2.05, 4.69) is 0 Å². The van der Waals surface area contributed by atoms with Crippen molar-refractivity contribution in [3.05, 3.63) is 71.3 Å². The largest absolute Gasteiger partial charge is 0.457 e. The van der Waals surface area contributed by atoms with Crippen LogP contribution in [0.4, 0.5) is 0 Å². The Kier molecular flexibility index (Phi) is 5.23. The SMILES string of the molecule is NC[C@H](C=O)c1ccc(COC(=O)c2ccccc2)cc1. The number of nitrogens with two attached hydrogens (primary N) is 1. The van der Waals surface area contributed by atoms with Crippen LogP contribution in [0.1, 0.15) is 27.4 Å². The van der Waals surface area contributed by atoms with Crippen molar-refractivity contribution < 1.29 is 14.3 Å². The van der Waals surface area contributed by atoms with Gasteiger partial charge in [0.05, 0.1) is 11.5 Å². The van der Waals surface area contributed by atoms with Gasteiger partial charge in [-0.25, -0.2) is 4.79 Å². The van der Waals surface area contributed by atoms with Gasteiger partial charge >= 0.3 is 5.97 Å². The van der Waals surface area contributed by atoms with Gasteiger partial charge in [0.25, 0.3) is 0 Å². The van der Waals surface area contributed by atoms with Crippen molar-refractivity contribution in [2.24, 2.45) is 5.73 Å². The van der Waals surface area contributed by atoms with Crippen LogP contribution < -0.4 is 5.73 Å². The molecular formula is C17H17NO3. The number of hydrogen-bond donors (Lipinski definition) is 1. The second-order valence-corrected chi connectivity index (χ2v) is 4.66. The summed E-state index contributed by atoms with van der Waals surface area (Å²) in [7, 11) is 0. The summed E-state index contributed by atoms with van der Waals surface area (Å²) in [5.74, 6) is -0.640. The zero-order chi connectivity index (χ0) is 15.1. The molecule has 4 heteroatoms. The first-order valence-corrected chi connectivity index (χ1v) is 6.71. The maximum Gasteiger partial charge on any atom is 0.338 e. The number of aldehydes is 1. The normalized spacial score (nSPS) is 11.7. The zero-order valence-electron chi connectivity index (χ0n) is 11.6. The Labute approximate surface area is 123 Å². The molecule has 0 unspecified atom stereocenters. The molecule has 4 nitrogen and oxygen atoms in total. The maximum absolute atomic E-state index is 11.8. The molecule has 0 bridgehead atoms. The van der Waals surface area contributed by atoms with Crippen LogP contribution in [0.25, 0.3) is 0 Å². The van der Waals surface area contributed by atoms with Crippen LogP contribution >= 0.6 is 0 Å². The minimum absolute atomic E-state index is 0.197. The van der Waals surface area contributed by atoms with Crippen molar-refractivity contribution in [1.29, 1.82) is 0 Å². The molecule has 2 N–H and O–H groups in total. The Balaban J connectivity index is 1.95. The average molecular weight is 283 g/mol. The molecule has 0 amide bonds. The van der Waals surface area contributed by atoms with Gasteiger partial charge in [0.1, 0.15) is 12.9 Å². The number of ether oxygens (including phenoxy) is 1. The van der Waals surface area contributed by atoms with E-state index in [1.165, 1.54) is 0 Å². The second-order valence-electron chi connectivity index (χ2n) is 4.66. The van der Waals surface area contributed by atoms with Crippen molar-refractivity contribution in [3.8, 4) is 0 Å². The first-order chi connectivity index (χ1) is 10.2. The third kappa shape index (κ3) is 4.00. The summed E-state index contributed by atoms with van der Waals surface area (Å²) in [6.45, 7) is 0.480. The molecule has 0 aliphatic carbocycles. The third-order valence-corrected chi connectivity index (χ3v) is 3.21. The average Bonchev–Trinajstić information content (AvgIpc) is 2.55. The summed E-state index contributed by atoms with van der Waals surface area (Å²) in [5, 5.41) is 0. The summed E-state index contributed by atoms with van der Waals surface area (Å²) in [6, 6.07) is 16.2. The second kappa shape index (κ2) is 7.36. The number of hydrogen-bond acceptors (Lipinski definition) is 4. The van der Waals surface area contributed by atoms with E-state index in [4.69, 9.17) is 10.5 Å². The molecule has 21 heavy (non-hydrogen) atoms. The van der Waals surface area contributed by atoms with E-state index in [1.807, 2.05) is 30.3 Å². The smallest absolute Gasteiger partial charge is 0.338 e. The fourth-order valence-corrected chi connectivity index (χ4v) is 1.94. The van der Waals surface area contributed by atoms with Crippen LogP contribution in [0, 0.1) is 0 Å². The number of carbonyl (C=O) groups is 2. The quantitative estimate of drug-likeness (QED) is 0.652. The molecule has 0 saturated heterocycles. The molecule has 2 aromatic rings. The lowest BCUT2D eigenvalue weighted by atomic mass is 10.00. The first-order valence-electron chi connectivity index (χ1n) is 6.71. The van der Waals surface area contributed by atoms with Crippen molar-refractivity contribution in [2.75, 3.05) is 6.54 Å².